The van der Waals surface area contributed by atoms with E-state index in [0.29, 0.717) is 29.0 Å². The number of ether oxygens (including phenoxy) is 1. The predicted molar refractivity (Wildman–Crippen MR) is 100 cm³/mol. The Kier molecular flexibility index (Phi) is 6.68. The summed E-state index contributed by atoms with van der Waals surface area (Å²) in [6.07, 6.45) is 0.964. The van der Waals surface area contributed by atoms with Crippen molar-refractivity contribution < 1.29 is 22.4 Å². The standard InChI is InChI=1S/C17H22N2O5S.ClH/c1-3-23-17(20)16-11(2)14-8-13(4-5-15(14)24-16)25(21,22)19-10-12-6-7-18-9-12;/h4-5,8,12,18-19H,3,6-7,9-10H2,1-2H3;1H. The molecule has 1 aromatic heterocycles. The minimum Gasteiger partial charge on any atom is -0.460 e. The van der Waals surface area contributed by atoms with E-state index in [9.17, 15) is 13.2 Å². The van der Waals surface area contributed by atoms with E-state index in [1.807, 2.05) is 0 Å². The largest absolute Gasteiger partial charge is 0.460 e. The fourth-order valence-corrected chi connectivity index (χ4v) is 4.10. The summed E-state index contributed by atoms with van der Waals surface area (Å²) in [5.74, 6) is -0.131. The molecule has 2 aromatic rings. The highest BCUT2D eigenvalue weighted by Crippen LogP contribution is 2.28. The Morgan fingerprint density at radius 1 is 1.42 bits per heavy atom. The van der Waals surface area contributed by atoms with Crippen molar-refractivity contribution in [3.63, 3.8) is 0 Å². The van der Waals surface area contributed by atoms with E-state index in [-0.39, 0.29) is 29.7 Å². The molecule has 0 bridgehead atoms. The van der Waals surface area contributed by atoms with Crippen molar-refractivity contribution in [1.29, 1.82) is 0 Å². The van der Waals surface area contributed by atoms with Crippen LogP contribution in [-0.2, 0) is 14.8 Å². The highest BCUT2D eigenvalue weighted by atomic mass is 35.5. The topological polar surface area (TPSA) is 97.6 Å². The van der Waals surface area contributed by atoms with Gasteiger partial charge in [-0.1, -0.05) is 0 Å². The first-order valence-electron chi connectivity index (χ1n) is 8.33. The number of halogens is 1. The van der Waals surface area contributed by atoms with Gasteiger partial charge in [0.1, 0.15) is 5.58 Å². The second kappa shape index (κ2) is 8.39. The molecule has 9 heteroatoms. The van der Waals surface area contributed by atoms with Crippen molar-refractivity contribution >= 4 is 39.4 Å². The van der Waals surface area contributed by atoms with Gasteiger partial charge < -0.3 is 14.5 Å². The molecule has 0 radical (unpaired) electrons. The van der Waals surface area contributed by atoms with Crippen molar-refractivity contribution in [3.05, 3.63) is 29.5 Å². The summed E-state index contributed by atoms with van der Waals surface area (Å²) in [5.41, 5.74) is 1.03. The van der Waals surface area contributed by atoms with Crippen LogP contribution >= 0.6 is 12.4 Å². The average molecular weight is 403 g/mol. The van der Waals surface area contributed by atoms with Gasteiger partial charge in [-0.2, -0.15) is 0 Å². The van der Waals surface area contributed by atoms with Crippen molar-refractivity contribution in [2.45, 2.75) is 25.2 Å². The summed E-state index contributed by atoms with van der Waals surface area (Å²) in [4.78, 5) is 12.1. The number of hydrogen-bond donors (Lipinski definition) is 2. The van der Waals surface area contributed by atoms with Gasteiger partial charge in [0.25, 0.3) is 0 Å². The van der Waals surface area contributed by atoms with Crippen LogP contribution in [0.5, 0.6) is 0 Å². The molecule has 144 valence electrons. The Balaban J connectivity index is 0.00000243. The lowest BCUT2D eigenvalue weighted by atomic mass is 10.1. The number of sulfonamides is 1. The number of benzene rings is 1. The molecule has 1 saturated heterocycles. The molecule has 1 aliphatic rings. The van der Waals surface area contributed by atoms with Crippen molar-refractivity contribution in [2.24, 2.45) is 5.92 Å². The fourth-order valence-electron chi connectivity index (χ4n) is 2.96. The molecular formula is C17H23ClN2O5S. The lowest BCUT2D eigenvalue weighted by Gasteiger charge is -2.10. The highest BCUT2D eigenvalue weighted by Gasteiger charge is 2.23. The van der Waals surface area contributed by atoms with E-state index in [1.165, 1.54) is 12.1 Å². The van der Waals surface area contributed by atoms with Crippen LogP contribution in [-0.4, -0.2) is 40.6 Å². The third-order valence-corrected chi connectivity index (χ3v) is 5.82. The zero-order chi connectivity index (χ0) is 18.0. The normalized spacial score (nSPS) is 17.2. The average Bonchev–Trinajstić information content (AvgIpc) is 3.21. The van der Waals surface area contributed by atoms with Crippen LogP contribution in [0, 0.1) is 12.8 Å². The first-order valence-corrected chi connectivity index (χ1v) is 9.81. The fraction of sp³-hybridized carbons (Fsp3) is 0.471. The minimum absolute atomic E-state index is 0. The summed E-state index contributed by atoms with van der Waals surface area (Å²) < 4.78 is 38.2. The molecule has 3 rings (SSSR count). The Hall–Kier alpha value is -1.61. The third-order valence-electron chi connectivity index (χ3n) is 4.40. The summed E-state index contributed by atoms with van der Waals surface area (Å²) in [6, 6.07) is 4.58. The van der Waals surface area contributed by atoms with Gasteiger partial charge in [0.15, 0.2) is 0 Å². The van der Waals surface area contributed by atoms with Crippen molar-refractivity contribution in [2.75, 3.05) is 26.2 Å². The molecule has 2 heterocycles. The lowest BCUT2D eigenvalue weighted by Crippen LogP contribution is -2.30. The number of aryl methyl sites for hydroxylation is 1. The van der Waals surface area contributed by atoms with E-state index in [1.54, 1.807) is 19.9 Å². The molecule has 0 aliphatic carbocycles. The number of hydrogen-bond acceptors (Lipinski definition) is 6. The maximum absolute atomic E-state index is 12.5. The number of carbonyl (C=O) groups excluding carboxylic acids is 1. The summed E-state index contributed by atoms with van der Waals surface area (Å²) in [7, 11) is -3.61. The highest BCUT2D eigenvalue weighted by molar-refractivity contribution is 7.89. The van der Waals surface area contributed by atoms with Gasteiger partial charge in [-0.05, 0) is 57.5 Å². The van der Waals surface area contributed by atoms with Gasteiger partial charge in [0, 0.05) is 17.5 Å². The number of carbonyl (C=O) groups is 1. The first-order chi connectivity index (χ1) is 11.9. The van der Waals surface area contributed by atoms with E-state index < -0.39 is 16.0 Å². The molecule has 7 nitrogen and oxygen atoms in total. The van der Waals surface area contributed by atoms with Crippen molar-refractivity contribution in [1.82, 2.24) is 10.0 Å². The minimum atomic E-state index is -3.61. The Labute approximate surface area is 158 Å². The van der Waals surface area contributed by atoms with Crippen LogP contribution < -0.4 is 10.0 Å². The van der Waals surface area contributed by atoms with Crippen LogP contribution in [0.1, 0.15) is 29.5 Å². The third kappa shape index (κ3) is 4.20. The van der Waals surface area contributed by atoms with Gasteiger partial charge in [0.2, 0.25) is 15.8 Å². The molecule has 1 unspecified atom stereocenters. The molecule has 0 amide bonds. The zero-order valence-electron chi connectivity index (χ0n) is 14.7. The van der Waals surface area contributed by atoms with Crippen LogP contribution in [0.3, 0.4) is 0 Å². The maximum Gasteiger partial charge on any atom is 0.374 e. The first kappa shape index (κ1) is 20.7. The number of furan rings is 1. The second-order valence-electron chi connectivity index (χ2n) is 6.15. The molecule has 2 N–H and O–H groups in total. The van der Waals surface area contributed by atoms with Crippen LogP contribution in [0.15, 0.2) is 27.5 Å². The maximum atomic E-state index is 12.5. The summed E-state index contributed by atoms with van der Waals surface area (Å²) in [6.45, 7) is 5.83. The Morgan fingerprint density at radius 3 is 2.85 bits per heavy atom. The Morgan fingerprint density at radius 2 is 2.19 bits per heavy atom. The molecule has 1 atom stereocenters. The number of rotatable bonds is 6. The summed E-state index contributed by atoms with van der Waals surface area (Å²) >= 11 is 0. The zero-order valence-corrected chi connectivity index (χ0v) is 16.3. The second-order valence-corrected chi connectivity index (χ2v) is 7.91. The van der Waals surface area contributed by atoms with Crippen LogP contribution in [0.2, 0.25) is 0 Å². The molecule has 26 heavy (non-hydrogen) atoms. The number of esters is 1. The SMILES string of the molecule is CCOC(=O)c1oc2ccc(S(=O)(=O)NCC3CCNC3)cc2c1C.Cl. The van der Waals surface area contributed by atoms with Gasteiger partial charge in [0.05, 0.1) is 11.5 Å². The van der Waals surface area contributed by atoms with Crippen LogP contribution in [0.25, 0.3) is 11.0 Å². The molecule has 0 spiro atoms. The molecule has 0 saturated carbocycles. The van der Waals surface area contributed by atoms with Crippen LogP contribution in [0.4, 0.5) is 0 Å². The lowest BCUT2D eigenvalue weighted by molar-refractivity contribution is 0.0491. The van der Waals surface area contributed by atoms with Gasteiger partial charge in [-0.3, -0.25) is 0 Å². The van der Waals surface area contributed by atoms with Gasteiger partial charge in [-0.25, -0.2) is 17.9 Å². The monoisotopic (exact) mass is 402 g/mol. The quantitative estimate of drug-likeness (QED) is 0.719. The van der Waals surface area contributed by atoms with E-state index in [2.05, 4.69) is 10.0 Å². The van der Waals surface area contributed by atoms with E-state index in [4.69, 9.17) is 9.15 Å². The number of nitrogens with one attached hydrogen (secondary N) is 2. The van der Waals surface area contributed by atoms with Crippen molar-refractivity contribution in [3.8, 4) is 0 Å². The molecule has 1 fully saturated rings. The number of fused-ring (bicyclic) bond motifs is 1. The summed E-state index contributed by atoms with van der Waals surface area (Å²) in [5, 5.41) is 3.80. The molecule has 1 aliphatic heterocycles. The Bertz CT molecular complexity index is 888. The van der Waals surface area contributed by atoms with E-state index in [0.717, 1.165) is 19.5 Å². The molecule has 1 aromatic carbocycles. The van der Waals surface area contributed by atoms with E-state index >= 15 is 0 Å². The smallest absolute Gasteiger partial charge is 0.374 e. The predicted octanol–water partition coefficient (Wildman–Crippen LogP) is 2.23. The molecular weight excluding hydrogens is 380 g/mol. The van der Waals surface area contributed by atoms with Gasteiger partial charge in [-0.15, -0.1) is 12.4 Å². The van der Waals surface area contributed by atoms with Gasteiger partial charge >= 0.3 is 5.97 Å².